The molecule has 1 atom stereocenters. The van der Waals surface area contributed by atoms with E-state index in [2.05, 4.69) is 0 Å². The molecule has 6 heteroatoms. The zero-order chi connectivity index (χ0) is 12.3. The highest BCUT2D eigenvalue weighted by Gasteiger charge is 2.15. The van der Waals surface area contributed by atoms with Gasteiger partial charge in [-0.25, -0.2) is 0 Å². The van der Waals surface area contributed by atoms with E-state index in [1.54, 1.807) is 0 Å². The van der Waals surface area contributed by atoms with Crippen LogP contribution in [0, 0.1) is 0 Å². The van der Waals surface area contributed by atoms with E-state index in [1.807, 2.05) is 0 Å². The van der Waals surface area contributed by atoms with Crippen molar-refractivity contribution in [3.8, 4) is 11.5 Å². The minimum atomic E-state index is -0.565. The number of hydrogen-bond acceptors (Lipinski definition) is 4. The highest BCUT2D eigenvalue weighted by Crippen LogP contribution is 2.36. The second kappa shape index (κ2) is 5.05. The molecule has 0 radical (unpaired) electrons. The number of amides is 1. The molecule has 0 fully saturated rings. The Morgan fingerprint density at radius 1 is 1.62 bits per heavy atom. The number of aromatic hydroxyl groups is 1. The van der Waals surface area contributed by atoms with Crippen LogP contribution in [0.2, 0.25) is 5.02 Å². The van der Waals surface area contributed by atoms with Crippen LogP contribution in [0.25, 0.3) is 0 Å². The van der Waals surface area contributed by atoms with Gasteiger partial charge in [0, 0.05) is 12.5 Å². The zero-order valence-corrected chi connectivity index (χ0v) is 9.49. The molecule has 0 bridgehead atoms. The number of carbonyl (C=O) groups is 1. The fourth-order valence-electron chi connectivity index (χ4n) is 1.30. The van der Waals surface area contributed by atoms with E-state index in [1.165, 1.54) is 19.2 Å². The van der Waals surface area contributed by atoms with Gasteiger partial charge in [0.1, 0.15) is 0 Å². The van der Waals surface area contributed by atoms with Crippen molar-refractivity contribution in [3.05, 3.63) is 22.7 Å². The molecule has 1 unspecified atom stereocenters. The van der Waals surface area contributed by atoms with E-state index in [4.69, 9.17) is 27.8 Å². The summed E-state index contributed by atoms with van der Waals surface area (Å²) in [6.45, 7) is 0. The van der Waals surface area contributed by atoms with Crippen molar-refractivity contribution >= 4 is 17.5 Å². The highest BCUT2D eigenvalue weighted by atomic mass is 35.5. The van der Waals surface area contributed by atoms with Gasteiger partial charge in [-0.1, -0.05) is 11.6 Å². The quantitative estimate of drug-likeness (QED) is 0.734. The molecule has 0 aliphatic carbocycles. The predicted molar refractivity (Wildman–Crippen MR) is 60.4 cm³/mol. The van der Waals surface area contributed by atoms with Crippen molar-refractivity contribution in [1.29, 1.82) is 0 Å². The van der Waals surface area contributed by atoms with Crippen LogP contribution in [0.1, 0.15) is 18.0 Å². The van der Waals surface area contributed by atoms with Crippen molar-refractivity contribution in [2.24, 2.45) is 11.5 Å². The Kier molecular flexibility index (Phi) is 3.98. The third-order valence-electron chi connectivity index (χ3n) is 2.12. The Bertz CT molecular complexity index is 409. The second-order valence-electron chi connectivity index (χ2n) is 3.33. The van der Waals surface area contributed by atoms with Gasteiger partial charge < -0.3 is 21.3 Å². The number of benzene rings is 1. The Hall–Kier alpha value is -1.46. The van der Waals surface area contributed by atoms with Crippen LogP contribution in [0.5, 0.6) is 11.5 Å². The van der Waals surface area contributed by atoms with Gasteiger partial charge in [-0.3, -0.25) is 4.79 Å². The van der Waals surface area contributed by atoms with E-state index in [0.29, 0.717) is 5.56 Å². The number of halogens is 1. The van der Waals surface area contributed by atoms with Crippen LogP contribution in [0.4, 0.5) is 0 Å². The van der Waals surface area contributed by atoms with Gasteiger partial charge in [-0.15, -0.1) is 0 Å². The van der Waals surface area contributed by atoms with Crippen molar-refractivity contribution in [2.75, 3.05) is 7.11 Å². The smallest absolute Gasteiger partial charge is 0.219 e. The third kappa shape index (κ3) is 2.77. The average molecular weight is 245 g/mol. The fourth-order valence-corrected chi connectivity index (χ4v) is 1.52. The Morgan fingerprint density at radius 3 is 2.75 bits per heavy atom. The zero-order valence-electron chi connectivity index (χ0n) is 8.74. The minimum absolute atomic E-state index is 0.00422. The number of phenolic OH excluding ortho intramolecular Hbond substituents is 1. The van der Waals surface area contributed by atoms with Gasteiger partial charge in [-0.05, 0) is 17.7 Å². The van der Waals surface area contributed by atoms with Crippen molar-refractivity contribution < 1.29 is 14.6 Å². The van der Waals surface area contributed by atoms with Gasteiger partial charge in [0.15, 0.2) is 11.5 Å². The summed E-state index contributed by atoms with van der Waals surface area (Å²) in [5.74, 6) is -0.447. The topological polar surface area (TPSA) is 98.6 Å². The van der Waals surface area contributed by atoms with Gasteiger partial charge in [0.05, 0.1) is 12.1 Å². The van der Waals surface area contributed by atoms with E-state index in [0.717, 1.165) is 0 Å². The lowest BCUT2D eigenvalue weighted by Gasteiger charge is -2.13. The Labute approximate surface area is 97.9 Å². The largest absolute Gasteiger partial charge is 0.503 e. The number of hydrogen-bond donors (Lipinski definition) is 3. The molecular formula is C10H13ClN2O3. The molecule has 1 aromatic rings. The predicted octanol–water partition coefficient (Wildman–Crippen LogP) is 0.929. The van der Waals surface area contributed by atoms with E-state index < -0.39 is 11.9 Å². The average Bonchev–Trinajstić information content (AvgIpc) is 2.20. The molecular weight excluding hydrogens is 232 g/mol. The second-order valence-corrected chi connectivity index (χ2v) is 3.74. The molecule has 1 amide bonds. The lowest BCUT2D eigenvalue weighted by molar-refractivity contribution is -0.118. The minimum Gasteiger partial charge on any atom is -0.503 e. The summed E-state index contributed by atoms with van der Waals surface area (Å²) in [5.41, 5.74) is 11.4. The van der Waals surface area contributed by atoms with Gasteiger partial charge in [0.25, 0.3) is 0 Å². The number of nitrogens with two attached hydrogens (primary N) is 2. The molecule has 0 aliphatic heterocycles. The van der Waals surface area contributed by atoms with Crippen LogP contribution in [0.15, 0.2) is 12.1 Å². The number of phenols is 1. The van der Waals surface area contributed by atoms with Crippen LogP contribution < -0.4 is 16.2 Å². The molecule has 16 heavy (non-hydrogen) atoms. The molecule has 0 saturated heterocycles. The van der Waals surface area contributed by atoms with E-state index in [9.17, 15) is 9.90 Å². The fraction of sp³-hybridized carbons (Fsp3) is 0.300. The molecule has 5 nitrogen and oxygen atoms in total. The SMILES string of the molecule is COc1cc(C(N)CC(N)=O)cc(Cl)c1O. The lowest BCUT2D eigenvalue weighted by Crippen LogP contribution is -2.20. The van der Waals surface area contributed by atoms with E-state index >= 15 is 0 Å². The Balaban J connectivity index is 3.05. The summed E-state index contributed by atoms with van der Waals surface area (Å²) in [6.07, 6.45) is 0.00422. The summed E-state index contributed by atoms with van der Waals surface area (Å²) in [7, 11) is 1.40. The number of ether oxygens (including phenoxy) is 1. The molecule has 0 spiro atoms. The summed E-state index contributed by atoms with van der Waals surface area (Å²) < 4.78 is 4.92. The lowest BCUT2D eigenvalue weighted by atomic mass is 10.0. The Morgan fingerprint density at radius 2 is 2.25 bits per heavy atom. The van der Waals surface area contributed by atoms with Crippen LogP contribution in [-0.4, -0.2) is 18.1 Å². The molecule has 1 rings (SSSR count). The number of methoxy groups -OCH3 is 1. The molecule has 1 aromatic carbocycles. The third-order valence-corrected chi connectivity index (χ3v) is 2.41. The first-order valence-electron chi connectivity index (χ1n) is 4.56. The number of carbonyl (C=O) groups excluding carboxylic acids is 1. The maximum absolute atomic E-state index is 10.7. The monoisotopic (exact) mass is 244 g/mol. The summed E-state index contributed by atoms with van der Waals surface area (Å²) in [4.78, 5) is 10.7. The first-order valence-corrected chi connectivity index (χ1v) is 4.93. The molecule has 0 heterocycles. The van der Waals surface area contributed by atoms with Gasteiger partial charge in [-0.2, -0.15) is 0 Å². The van der Waals surface area contributed by atoms with Crippen LogP contribution in [-0.2, 0) is 4.79 Å². The maximum atomic E-state index is 10.7. The van der Waals surface area contributed by atoms with Crippen molar-refractivity contribution in [1.82, 2.24) is 0 Å². The maximum Gasteiger partial charge on any atom is 0.219 e. The molecule has 5 N–H and O–H groups in total. The van der Waals surface area contributed by atoms with Gasteiger partial charge in [0.2, 0.25) is 5.91 Å². The molecule has 0 saturated carbocycles. The van der Waals surface area contributed by atoms with Crippen LogP contribution in [0.3, 0.4) is 0 Å². The van der Waals surface area contributed by atoms with Crippen molar-refractivity contribution in [2.45, 2.75) is 12.5 Å². The molecule has 0 aliphatic rings. The number of primary amides is 1. The number of rotatable bonds is 4. The summed E-state index contributed by atoms with van der Waals surface area (Å²) in [6, 6.07) is 2.44. The molecule has 88 valence electrons. The standard InChI is InChI=1S/C10H13ClN2O3/c1-16-8-3-5(2-6(11)10(8)15)7(12)4-9(13)14/h2-3,7,15H,4,12H2,1H3,(H2,13,14). The van der Waals surface area contributed by atoms with Crippen molar-refractivity contribution in [3.63, 3.8) is 0 Å². The normalized spacial score (nSPS) is 12.2. The first-order chi connectivity index (χ1) is 7.45. The van der Waals surface area contributed by atoms with E-state index in [-0.39, 0.29) is 22.9 Å². The highest BCUT2D eigenvalue weighted by molar-refractivity contribution is 6.32. The van der Waals surface area contributed by atoms with Crippen LogP contribution >= 0.6 is 11.6 Å². The summed E-state index contributed by atoms with van der Waals surface area (Å²) in [5, 5.41) is 9.62. The first kappa shape index (κ1) is 12.6. The summed E-state index contributed by atoms with van der Waals surface area (Å²) >= 11 is 5.78. The van der Waals surface area contributed by atoms with Gasteiger partial charge >= 0.3 is 0 Å². The molecule has 0 aromatic heterocycles.